The lowest BCUT2D eigenvalue weighted by Crippen LogP contribution is -2.20. The van der Waals surface area contributed by atoms with Gasteiger partial charge in [-0.1, -0.05) is 22.9 Å². The van der Waals surface area contributed by atoms with Gasteiger partial charge in [-0.2, -0.15) is 5.10 Å². The van der Waals surface area contributed by atoms with Gasteiger partial charge in [-0.25, -0.2) is 0 Å². The van der Waals surface area contributed by atoms with Crippen molar-refractivity contribution in [3.63, 3.8) is 0 Å². The number of fused-ring (bicyclic) bond motifs is 1. The molecule has 0 amide bonds. The molecule has 1 aromatic heterocycles. The zero-order chi connectivity index (χ0) is 14.1. The van der Waals surface area contributed by atoms with Crippen LogP contribution in [0.5, 0.6) is 5.75 Å². The van der Waals surface area contributed by atoms with Crippen molar-refractivity contribution in [3.8, 4) is 5.75 Å². The van der Waals surface area contributed by atoms with Gasteiger partial charge in [0.25, 0.3) is 0 Å². The molecule has 2 aromatic rings. The second-order valence-corrected chi connectivity index (χ2v) is 5.95. The molecule has 1 unspecified atom stereocenters. The lowest BCUT2D eigenvalue weighted by molar-refractivity contribution is 0.274. The minimum Gasteiger partial charge on any atom is -0.493 e. The Morgan fingerprint density at radius 1 is 1.50 bits per heavy atom. The molecular formula is C15H18BrN3O. The third kappa shape index (κ3) is 2.54. The Bertz CT molecular complexity index is 624. The van der Waals surface area contributed by atoms with Gasteiger partial charge in [-0.3, -0.25) is 4.68 Å². The van der Waals surface area contributed by atoms with Crippen LogP contribution in [0.1, 0.15) is 30.6 Å². The summed E-state index contributed by atoms with van der Waals surface area (Å²) in [6.07, 6.45) is 3.94. The first-order valence-electron chi connectivity index (χ1n) is 6.88. The Morgan fingerprint density at radius 2 is 2.35 bits per heavy atom. The molecule has 1 atom stereocenters. The molecular weight excluding hydrogens is 318 g/mol. The summed E-state index contributed by atoms with van der Waals surface area (Å²) in [4.78, 5) is 0. The molecule has 3 rings (SSSR count). The number of nitrogens with zero attached hydrogens (tertiary/aromatic N) is 2. The maximum absolute atomic E-state index is 5.73. The van der Waals surface area contributed by atoms with E-state index in [1.165, 1.54) is 5.56 Å². The summed E-state index contributed by atoms with van der Waals surface area (Å²) in [6.45, 7) is 2.87. The molecule has 0 bridgehead atoms. The van der Waals surface area contributed by atoms with Crippen LogP contribution in [-0.4, -0.2) is 16.4 Å². The Labute approximate surface area is 127 Å². The van der Waals surface area contributed by atoms with Gasteiger partial charge in [-0.05, 0) is 24.6 Å². The predicted octanol–water partition coefficient (Wildman–Crippen LogP) is 3.68. The van der Waals surface area contributed by atoms with Crippen LogP contribution in [0.4, 0.5) is 5.69 Å². The van der Waals surface area contributed by atoms with Gasteiger partial charge in [-0.15, -0.1) is 0 Å². The van der Waals surface area contributed by atoms with Crippen LogP contribution in [0.25, 0.3) is 0 Å². The zero-order valence-corrected chi connectivity index (χ0v) is 13.3. The summed E-state index contributed by atoms with van der Waals surface area (Å²) in [5, 5.41) is 8.10. The molecule has 2 heterocycles. The minimum absolute atomic E-state index is 0.269. The SMILES string of the molecule is CCc1nn(C)cc1NC1CCOc2ccc(Br)cc21. The van der Waals surface area contributed by atoms with Crippen molar-refractivity contribution in [1.29, 1.82) is 0 Å². The van der Waals surface area contributed by atoms with Gasteiger partial charge in [0.15, 0.2) is 0 Å². The smallest absolute Gasteiger partial charge is 0.124 e. The molecule has 0 radical (unpaired) electrons. The van der Waals surface area contributed by atoms with Crippen molar-refractivity contribution >= 4 is 21.6 Å². The Balaban J connectivity index is 1.91. The van der Waals surface area contributed by atoms with Gasteiger partial charge >= 0.3 is 0 Å². The van der Waals surface area contributed by atoms with E-state index in [2.05, 4.69) is 39.3 Å². The van der Waals surface area contributed by atoms with Crippen molar-refractivity contribution in [2.24, 2.45) is 7.05 Å². The maximum atomic E-state index is 5.73. The van der Waals surface area contributed by atoms with E-state index < -0.39 is 0 Å². The molecule has 4 nitrogen and oxygen atoms in total. The Kier molecular flexibility index (Phi) is 3.70. The third-order valence-corrected chi connectivity index (χ3v) is 4.07. The highest BCUT2D eigenvalue weighted by molar-refractivity contribution is 9.10. The average Bonchev–Trinajstić information content (AvgIpc) is 2.79. The summed E-state index contributed by atoms with van der Waals surface area (Å²) in [5.74, 6) is 0.971. The molecule has 5 heteroatoms. The van der Waals surface area contributed by atoms with E-state index in [-0.39, 0.29) is 6.04 Å². The number of halogens is 1. The second kappa shape index (κ2) is 5.48. The molecule has 0 fully saturated rings. The summed E-state index contributed by atoms with van der Waals surface area (Å²) in [7, 11) is 1.96. The molecule has 0 saturated carbocycles. The van der Waals surface area contributed by atoms with Gasteiger partial charge in [0.2, 0.25) is 0 Å². The molecule has 0 aliphatic carbocycles. The van der Waals surface area contributed by atoms with Crippen molar-refractivity contribution in [2.45, 2.75) is 25.8 Å². The van der Waals surface area contributed by atoms with E-state index in [1.54, 1.807) is 0 Å². The van der Waals surface area contributed by atoms with Crippen molar-refractivity contribution in [2.75, 3.05) is 11.9 Å². The molecule has 20 heavy (non-hydrogen) atoms. The van der Waals surface area contributed by atoms with E-state index in [9.17, 15) is 0 Å². The van der Waals surface area contributed by atoms with Crippen LogP contribution >= 0.6 is 15.9 Å². The quantitative estimate of drug-likeness (QED) is 0.929. The van der Waals surface area contributed by atoms with Gasteiger partial charge in [0.1, 0.15) is 5.75 Å². The molecule has 0 saturated heterocycles. The Morgan fingerprint density at radius 3 is 3.15 bits per heavy atom. The number of ether oxygens (including phenoxy) is 1. The number of aryl methyl sites for hydroxylation is 2. The first-order valence-corrected chi connectivity index (χ1v) is 7.68. The normalized spacial score (nSPS) is 17.4. The lowest BCUT2D eigenvalue weighted by atomic mass is 10.0. The summed E-state index contributed by atoms with van der Waals surface area (Å²) >= 11 is 3.54. The van der Waals surface area contributed by atoms with Gasteiger partial charge in [0, 0.05) is 29.7 Å². The van der Waals surface area contributed by atoms with Crippen LogP contribution in [0.15, 0.2) is 28.9 Å². The van der Waals surface area contributed by atoms with E-state index in [1.807, 2.05) is 30.1 Å². The molecule has 0 spiro atoms. The monoisotopic (exact) mass is 335 g/mol. The number of rotatable bonds is 3. The van der Waals surface area contributed by atoms with Crippen LogP contribution < -0.4 is 10.1 Å². The topological polar surface area (TPSA) is 39.1 Å². The Hall–Kier alpha value is -1.49. The number of anilines is 1. The maximum Gasteiger partial charge on any atom is 0.124 e. The van der Waals surface area contributed by atoms with E-state index in [0.29, 0.717) is 0 Å². The van der Waals surface area contributed by atoms with Gasteiger partial charge in [0.05, 0.1) is 24.0 Å². The predicted molar refractivity (Wildman–Crippen MR) is 83.2 cm³/mol. The van der Waals surface area contributed by atoms with Crippen LogP contribution in [0, 0.1) is 0 Å². The molecule has 1 aromatic carbocycles. The molecule has 1 N–H and O–H groups in total. The van der Waals surface area contributed by atoms with Gasteiger partial charge < -0.3 is 10.1 Å². The van der Waals surface area contributed by atoms with Crippen LogP contribution in [-0.2, 0) is 13.5 Å². The second-order valence-electron chi connectivity index (χ2n) is 5.03. The molecule has 1 aliphatic rings. The number of nitrogens with one attached hydrogen (secondary N) is 1. The zero-order valence-electron chi connectivity index (χ0n) is 11.7. The minimum atomic E-state index is 0.269. The summed E-state index contributed by atoms with van der Waals surface area (Å²) in [5.41, 5.74) is 3.43. The van der Waals surface area contributed by atoms with Crippen molar-refractivity contribution in [1.82, 2.24) is 9.78 Å². The number of benzene rings is 1. The fraction of sp³-hybridized carbons (Fsp3) is 0.400. The third-order valence-electron chi connectivity index (χ3n) is 3.58. The summed E-state index contributed by atoms with van der Waals surface area (Å²) < 4.78 is 8.67. The largest absolute Gasteiger partial charge is 0.493 e. The number of aromatic nitrogens is 2. The fourth-order valence-electron chi connectivity index (χ4n) is 2.62. The van der Waals surface area contributed by atoms with E-state index in [4.69, 9.17) is 4.74 Å². The van der Waals surface area contributed by atoms with Crippen molar-refractivity contribution in [3.05, 3.63) is 40.1 Å². The van der Waals surface area contributed by atoms with Crippen LogP contribution in [0.2, 0.25) is 0 Å². The van der Waals surface area contributed by atoms with Crippen molar-refractivity contribution < 1.29 is 4.74 Å². The first-order chi connectivity index (χ1) is 9.67. The lowest BCUT2D eigenvalue weighted by Gasteiger charge is -2.27. The standard InChI is InChI=1S/C15H18BrN3O/c1-3-12-14(9-19(2)18-12)17-13-6-7-20-15-5-4-10(16)8-11(13)15/h4-5,8-9,13,17H,3,6-7H2,1-2H3. The van der Waals surface area contributed by atoms with E-state index in [0.717, 1.165) is 41.1 Å². The highest BCUT2D eigenvalue weighted by atomic mass is 79.9. The van der Waals surface area contributed by atoms with Crippen LogP contribution in [0.3, 0.4) is 0 Å². The first kappa shape index (κ1) is 13.5. The average molecular weight is 336 g/mol. The molecule has 1 aliphatic heterocycles. The summed E-state index contributed by atoms with van der Waals surface area (Å²) in [6, 6.07) is 6.44. The highest BCUT2D eigenvalue weighted by Gasteiger charge is 2.22. The molecule has 106 valence electrons. The number of hydrogen-bond acceptors (Lipinski definition) is 3. The fourth-order valence-corrected chi connectivity index (χ4v) is 3.00. The van der Waals surface area contributed by atoms with E-state index >= 15 is 0 Å². The highest BCUT2D eigenvalue weighted by Crippen LogP contribution is 2.36. The number of hydrogen-bond donors (Lipinski definition) is 1.